The lowest BCUT2D eigenvalue weighted by molar-refractivity contribution is 0.252. The third kappa shape index (κ3) is 5.29. The highest BCUT2D eigenvalue weighted by atomic mass is 15.3. The summed E-state index contributed by atoms with van der Waals surface area (Å²) in [6, 6.07) is 1.87. The number of piperazine rings is 1. The van der Waals surface area contributed by atoms with Crippen molar-refractivity contribution >= 4 is 5.95 Å². The molecule has 3 rings (SSSR count). The van der Waals surface area contributed by atoms with Crippen LogP contribution in [-0.4, -0.2) is 60.7 Å². The van der Waals surface area contributed by atoms with E-state index in [0.29, 0.717) is 0 Å². The van der Waals surface area contributed by atoms with E-state index in [9.17, 15) is 0 Å². The van der Waals surface area contributed by atoms with Crippen LogP contribution in [0.25, 0.3) is 0 Å². The Morgan fingerprint density at radius 2 is 1.91 bits per heavy atom. The highest BCUT2D eigenvalue weighted by Gasteiger charge is 2.18. The monoisotopic (exact) mass is 315 g/mol. The summed E-state index contributed by atoms with van der Waals surface area (Å²) in [6.45, 7) is 7.82. The maximum Gasteiger partial charge on any atom is 0.225 e. The zero-order valence-corrected chi connectivity index (χ0v) is 14.0. The SMILES string of the molecule is C1=CCC(CNCCCN2CCN(c3ncccn3)CC2)CC1. The van der Waals surface area contributed by atoms with Crippen LogP contribution in [0.4, 0.5) is 5.95 Å². The van der Waals surface area contributed by atoms with Crippen molar-refractivity contribution in [2.75, 3.05) is 50.7 Å². The zero-order valence-electron chi connectivity index (χ0n) is 14.0. The van der Waals surface area contributed by atoms with E-state index in [1.807, 2.05) is 18.5 Å². The predicted octanol–water partition coefficient (Wildman–Crippen LogP) is 1.93. The van der Waals surface area contributed by atoms with Gasteiger partial charge in [-0.15, -0.1) is 0 Å². The van der Waals surface area contributed by atoms with Crippen LogP contribution in [-0.2, 0) is 0 Å². The van der Waals surface area contributed by atoms with Gasteiger partial charge in [0.2, 0.25) is 5.95 Å². The molecule has 126 valence electrons. The van der Waals surface area contributed by atoms with Crippen molar-refractivity contribution in [3.05, 3.63) is 30.6 Å². The van der Waals surface area contributed by atoms with Gasteiger partial charge in [0, 0.05) is 38.6 Å². The minimum Gasteiger partial charge on any atom is -0.338 e. The molecule has 2 aliphatic rings. The predicted molar refractivity (Wildman–Crippen MR) is 94.7 cm³/mol. The first-order chi connectivity index (χ1) is 11.4. The van der Waals surface area contributed by atoms with Crippen LogP contribution in [0.3, 0.4) is 0 Å². The Kier molecular flexibility index (Phi) is 6.41. The Balaban J connectivity index is 1.25. The summed E-state index contributed by atoms with van der Waals surface area (Å²) in [5.41, 5.74) is 0. The molecule has 0 amide bonds. The van der Waals surface area contributed by atoms with Gasteiger partial charge in [0.05, 0.1) is 0 Å². The van der Waals surface area contributed by atoms with E-state index in [4.69, 9.17) is 0 Å². The Bertz CT molecular complexity index is 468. The van der Waals surface area contributed by atoms with Gasteiger partial charge >= 0.3 is 0 Å². The molecule has 1 aliphatic heterocycles. The molecule has 0 spiro atoms. The number of hydrogen-bond acceptors (Lipinski definition) is 5. The number of aromatic nitrogens is 2. The van der Waals surface area contributed by atoms with E-state index in [0.717, 1.165) is 44.6 Å². The number of allylic oxidation sites excluding steroid dienone is 2. The molecule has 1 N–H and O–H groups in total. The van der Waals surface area contributed by atoms with Crippen LogP contribution in [0.5, 0.6) is 0 Å². The molecule has 1 aromatic heterocycles. The summed E-state index contributed by atoms with van der Waals surface area (Å²) in [7, 11) is 0. The minimum absolute atomic E-state index is 0.856. The lowest BCUT2D eigenvalue weighted by Crippen LogP contribution is -2.47. The van der Waals surface area contributed by atoms with Crippen molar-refractivity contribution in [2.45, 2.75) is 25.7 Å². The molecule has 2 heterocycles. The van der Waals surface area contributed by atoms with Gasteiger partial charge < -0.3 is 10.2 Å². The fourth-order valence-corrected chi connectivity index (χ4v) is 3.40. The highest BCUT2D eigenvalue weighted by Crippen LogP contribution is 2.16. The quantitative estimate of drug-likeness (QED) is 0.615. The molecule has 0 bridgehead atoms. The zero-order chi connectivity index (χ0) is 15.7. The Hall–Kier alpha value is -1.46. The molecule has 0 aromatic carbocycles. The average molecular weight is 315 g/mol. The van der Waals surface area contributed by atoms with Gasteiger partial charge in [-0.25, -0.2) is 9.97 Å². The fourth-order valence-electron chi connectivity index (χ4n) is 3.40. The lowest BCUT2D eigenvalue weighted by Gasteiger charge is -2.34. The van der Waals surface area contributed by atoms with Gasteiger partial charge in [-0.05, 0) is 57.3 Å². The Morgan fingerprint density at radius 1 is 1.09 bits per heavy atom. The maximum absolute atomic E-state index is 4.34. The molecule has 1 atom stereocenters. The number of hydrogen-bond donors (Lipinski definition) is 1. The smallest absolute Gasteiger partial charge is 0.225 e. The number of nitrogens with zero attached hydrogens (tertiary/aromatic N) is 4. The van der Waals surface area contributed by atoms with E-state index in [2.05, 4.69) is 37.2 Å². The largest absolute Gasteiger partial charge is 0.338 e. The average Bonchev–Trinajstić information content (AvgIpc) is 2.64. The van der Waals surface area contributed by atoms with E-state index < -0.39 is 0 Å². The standard InChI is InChI=1S/C18H29N5/c1-2-6-17(7-3-1)16-19-8-5-11-22-12-14-23(15-13-22)18-20-9-4-10-21-18/h1-2,4,9-10,17,19H,3,5-8,11-16H2. The number of anilines is 1. The first-order valence-electron chi connectivity index (χ1n) is 9.02. The molecule has 23 heavy (non-hydrogen) atoms. The van der Waals surface area contributed by atoms with Crippen LogP contribution < -0.4 is 10.2 Å². The molecular formula is C18H29N5. The van der Waals surface area contributed by atoms with Crippen LogP contribution >= 0.6 is 0 Å². The van der Waals surface area contributed by atoms with Crippen LogP contribution in [0.1, 0.15) is 25.7 Å². The first-order valence-corrected chi connectivity index (χ1v) is 9.02. The normalized spacial score (nSPS) is 22.4. The highest BCUT2D eigenvalue weighted by molar-refractivity contribution is 5.29. The fraction of sp³-hybridized carbons (Fsp3) is 0.667. The first kappa shape index (κ1) is 16.4. The van der Waals surface area contributed by atoms with Gasteiger partial charge in [0.1, 0.15) is 0 Å². The number of nitrogens with one attached hydrogen (secondary N) is 1. The third-order valence-corrected chi connectivity index (χ3v) is 4.85. The summed E-state index contributed by atoms with van der Waals surface area (Å²) in [4.78, 5) is 13.5. The summed E-state index contributed by atoms with van der Waals surface area (Å²) in [5, 5.41) is 3.64. The molecule has 1 aromatic rings. The molecule has 1 aliphatic carbocycles. The van der Waals surface area contributed by atoms with Gasteiger partial charge in [0.15, 0.2) is 0 Å². The maximum atomic E-state index is 4.34. The van der Waals surface area contributed by atoms with Gasteiger partial charge in [-0.2, -0.15) is 0 Å². The van der Waals surface area contributed by atoms with Crippen LogP contribution in [0.15, 0.2) is 30.6 Å². The molecule has 0 radical (unpaired) electrons. The topological polar surface area (TPSA) is 44.3 Å². The second kappa shape index (κ2) is 8.99. The summed E-state index contributed by atoms with van der Waals surface area (Å²) >= 11 is 0. The van der Waals surface area contributed by atoms with Crippen molar-refractivity contribution in [3.8, 4) is 0 Å². The molecule has 1 unspecified atom stereocenters. The van der Waals surface area contributed by atoms with Crippen molar-refractivity contribution in [1.82, 2.24) is 20.2 Å². The molecular weight excluding hydrogens is 286 g/mol. The molecule has 1 saturated heterocycles. The van der Waals surface area contributed by atoms with Crippen LogP contribution in [0, 0.1) is 5.92 Å². The number of rotatable bonds is 7. The van der Waals surface area contributed by atoms with Crippen molar-refractivity contribution < 1.29 is 0 Å². The summed E-state index contributed by atoms with van der Waals surface area (Å²) in [5.74, 6) is 1.73. The van der Waals surface area contributed by atoms with Gasteiger partial charge in [-0.1, -0.05) is 12.2 Å². The summed E-state index contributed by atoms with van der Waals surface area (Å²) in [6.07, 6.45) is 13.4. The van der Waals surface area contributed by atoms with E-state index in [1.165, 1.54) is 38.8 Å². The lowest BCUT2D eigenvalue weighted by atomic mass is 9.94. The summed E-state index contributed by atoms with van der Waals surface area (Å²) < 4.78 is 0. The second-order valence-corrected chi connectivity index (χ2v) is 6.59. The van der Waals surface area contributed by atoms with Gasteiger partial charge in [-0.3, -0.25) is 4.90 Å². The second-order valence-electron chi connectivity index (χ2n) is 6.59. The third-order valence-electron chi connectivity index (χ3n) is 4.85. The van der Waals surface area contributed by atoms with E-state index >= 15 is 0 Å². The Morgan fingerprint density at radius 3 is 2.65 bits per heavy atom. The van der Waals surface area contributed by atoms with Gasteiger partial charge in [0.25, 0.3) is 0 Å². The van der Waals surface area contributed by atoms with Crippen molar-refractivity contribution in [1.29, 1.82) is 0 Å². The van der Waals surface area contributed by atoms with Crippen LogP contribution in [0.2, 0.25) is 0 Å². The van der Waals surface area contributed by atoms with E-state index in [-0.39, 0.29) is 0 Å². The molecule has 1 fully saturated rings. The molecule has 0 saturated carbocycles. The van der Waals surface area contributed by atoms with Crippen molar-refractivity contribution in [2.24, 2.45) is 5.92 Å². The minimum atomic E-state index is 0.856. The molecule has 5 nitrogen and oxygen atoms in total. The Labute approximate surface area is 139 Å². The van der Waals surface area contributed by atoms with Crippen molar-refractivity contribution in [3.63, 3.8) is 0 Å². The van der Waals surface area contributed by atoms with E-state index in [1.54, 1.807) is 0 Å². The molecule has 5 heteroatoms.